The topological polar surface area (TPSA) is 43.4 Å². The normalized spacial score (nSPS) is 53.4. The van der Waals surface area contributed by atoms with Gasteiger partial charge >= 0.3 is 11.9 Å². The molecule has 6 atom stereocenters. The van der Waals surface area contributed by atoms with Gasteiger partial charge in [0.15, 0.2) is 0 Å². The summed E-state index contributed by atoms with van der Waals surface area (Å²) in [6.45, 7) is 0. The van der Waals surface area contributed by atoms with Crippen molar-refractivity contribution in [1.29, 1.82) is 0 Å². The van der Waals surface area contributed by atoms with Crippen molar-refractivity contribution in [2.24, 2.45) is 35.5 Å². The van der Waals surface area contributed by atoms with Crippen LogP contribution in [0.5, 0.6) is 0 Å². The van der Waals surface area contributed by atoms with Crippen molar-refractivity contribution in [2.45, 2.75) is 25.7 Å². The lowest BCUT2D eigenvalue weighted by Gasteiger charge is -2.28. The van der Waals surface area contributed by atoms with Crippen molar-refractivity contribution in [3.8, 4) is 0 Å². The lowest BCUT2D eigenvalue weighted by Crippen LogP contribution is -2.29. The third-order valence-electron chi connectivity index (χ3n) is 5.95. The van der Waals surface area contributed by atoms with Gasteiger partial charge in [0.2, 0.25) is 0 Å². The average molecular weight is 230 g/mol. The van der Waals surface area contributed by atoms with Crippen LogP contribution in [0.2, 0.25) is 0 Å². The SMILES string of the molecule is O=C1OC(=O)[C@H]2[C@@H]1[C@H]1C[C@H]2C2=C1[C@H]1CC[C@H]2C1. The Kier molecular flexibility index (Phi) is 1.31. The summed E-state index contributed by atoms with van der Waals surface area (Å²) in [4.78, 5) is 23.6. The fraction of sp³-hybridized carbons (Fsp3) is 0.714. The van der Waals surface area contributed by atoms with Crippen molar-refractivity contribution in [3.05, 3.63) is 11.1 Å². The van der Waals surface area contributed by atoms with E-state index in [1.165, 1.54) is 19.3 Å². The van der Waals surface area contributed by atoms with E-state index in [0.717, 1.165) is 18.3 Å². The molecule has 2 saturated carbocycles. The highest BCUT2D eigenvalue weighted by Gasteiger charge is 2.66. The second-order valence-corrected chi connectivity index (χ2v) is 6.36. The summed E-state index contributed by atoms with van der Waals surface area (Å²) in [6, 6.07) is 0. The number of hydrogen-bond acceptors (Lipinski definition) is 3. The summed E-state index contributed by atoms with van der Waals surface area (Å²) >= 11 is 0. The van der Waals surface area contributed by atoms with Crippen molar-refractivity contribution < 1.29 is 14.3 Å². The molecule has 4 aliphatic carbocycles. The largest absolute Gasteiger partial charge is 0.393 e. The summed E-state index contributed by atoms with van der Waals surface area (Å²) < 4.78 is 4.86. The quantitative estimate of drug-likeness (QED) is 0.275. The molecule has 0 radical (unpaired) electrons. The van der Waals surface area contributed by atoms with Crippen LogP contribution in [-0.4, -0.2) is 11.9 Å². The lowest BCUT2D eigenvalue weighted by molar-refractivity contribution is -0.154. The molecule has 4 bridgehead atoms. The predicted octanol–water partition coefficient (Wildman–Crippen LogP) is 1.68. The zero-order valence-corrected chi connectivity index (χ0v) is 9.52. The summed E-state index contributed by atoms with van der Waals surface area (Å²) in [6.07, 6.45) is 4.99. The highest BCUT2D eigenvalue weighted by atomic mass is 16.6. The van der Waals surface area contributed by atoms with E-state index < -0.39 is 0 Å². The van der Waals surface area contributed by atoms with Crippen LogP contribution in [-0.2, 0) is 14.3 Å². The first-order valence-electron chi connectivity index (χ1n) is 6.75. The van der Waals surface area contributed by atoms with Crippen LogP contribution in [0.1, 0.15) is 25.7 Å². The smallest absolute Gasteiger partial charge is 0.318 e. The molecule has 3 heteroatoms. The van der Waals surface area contributed by atoms with Crippen molar-refractivity contribution in [2.75, 3.05) is 0 Å². The summed E-state index contributed by atoms with van der Waals surface area (Å²) in [5, 5.41) is 0. The fourth-order valence-corrected chi connectivity index (χ4v) is 5.62. The third kappa shape index (κ3) is 0.791. The van der Waals surface area contributed by atoms with Crippen LogP contribution < -0.4 is 0 Å². The minimum atomic E-state index is -0.234. The molecule has 5 aliphatic rings. The zero-order valence-electron chi connectivity index (χ0n) is 9.52. The fourth-order valence-electron chi connectivity index (χ4n) is 5.62. The van der Waals surface area contributed by atoms with Gasteiger partial charge in [0.05, 0.1) is 11.8 Å². The highest BCUT2D eigenvalue weighted by Crippen LogP contribution is 2.68. The van der Waals surface area contributed by atoms with Gasteiger partial charge in [0.1, 0.15) is 0 Å². The number of ether oxygens (including phenoxy) is 1. The Hall–Kier alpha value is -1.12. The minimum Gasteiger partial charge on any atom is -0.393 e. The number of cyclic esters (lactones) is 2. The molecule has 0 amide bonds. The van der Waals surface area contributed by atoms with E-state index in [0.29, 0.717) is 11.8 Å². The summed E-state index contributed by atoms with van der Waals surface area (Å²) in [7, 11) is 0. The molecule has 0 aromatic heterocycles. The minimum absolute atomic E-state index is 0.106. The van der Waals surface area contributed by atoms with E-state index in [1.807, 2.05) is 0 Å². The van der Waals surface area contributed by atoms with E-state index >= 15 is 0 Å². The molecular formula is C14H14O3. The second-order valence-electron chi connectivity index (χ2n) is 6.36. The van der Waals surface area contributed by atoms with E-state index in [1.54, 1.807) is 11.1 Å². The van der Waals surface area contributed by atoms with Gasteiger partial charge in [0.25, 0.3) is 0 Å². The maximum absolute atomic E-state index is 11.8. The third-order valence-corrected chi connectivity index (χ3v) is 5.95. The molecule has 1 aliphatic heterocycles. The molecule has 88 valence electrons. The lowest BCUT2D eigenvalue weighted by atomic mass is 9.72. The molecule has 0 N–H and O–H groups in total. The van der Waals surface area contributed by atoms with Gasteiger partial charge in [-0.1, -0.05) is 11.1 Å². The Labute approximate surface area is 99.2 Å². The Morgan fingerprint density at radius 3 is 1.88 bits per heavy atom. The number of hydrogen-bond donors (Lipinski definition) is 0. The molecule has 0 aromatic rings. The Bertz CT molecular complexity index is 462. The molecule has 3 nitrogen and oxygen atoms in total. The average Bonchev–Trinajstić information content (AvgIpc) is 3.03. The van der Waals surface area contributed by atoms with Gasteiger partial charge in [0, 0.05) is 0 Å². The van der Waals surface area contributed by atoms with Gasteiger partial charge in [-0.25, -0.2) is 0 Å². The molecular weight excluding hydrogens is 216 g/mol. The Morgan fingerprint density at radius 2 is 1.35 bits per heavy atom. The number of esters is 2. The predicted molar refractivity (Wildman–Crippen MR) is 57.5 cm³/mol. The first-order valence-corrected chi connectivity index (χ1v) is 6.75. The molecule has 0 aromatic carbocycles. The number of carbonyl (C=O) groups excluding carboxylic acids is 2. The molecule has 1 heterocycles. The van der Waals surface area contributed by atoms with E-state index in [4.69, 9.17) is 4.74 Å². The number of allylic oxidation sites excluding steroid dienone is 2. The van der Waals surface area contributed by atoms with Gasteiger partial charge in [-0.05, 0) is 49.4 Å². The van der Waals surface area contributed by atoms with Gasteiger partial charge in [-0.15, -0.1) is 0 Å². The maximum atomic E-state index is 11.8. The van der Waals surface area contributed by atoms with Crippen LogP contribution in [0.25, 0.3) is 0 Å². The van der Waals surface area contributed by atoms with E-state index in [2.05, 4.69) is 0 Å². The van der Waals surface area contributed by atoms with Crippen molar-refractivity contribution in [3.63, 3.8) is 0 Å². The van der Waals surface area contributed by atoms with Crippen molar-refractivity contribution in [1.82, 2.24) is 0 Å². The molecule has 5 rings (SSSR count). The molecule has 0 unspecified atom stereocenters. The second kappa shape index (κ2) is 2.50. The Balaban J connectivity index is 1.69. The van der Waals surface area contributed by atoms with Crippen molar-refractivity contribution >= 4 is 11.9 Å². The van der Waals surface area contributed by atoms with Crippen LogP contribution in [0.3, 0.4) is 0 Å². The molecule has 3 fully saturated rings. The maximum Gasteiger partial charge on any atom is 0.318 e. The molecule has 1 saturated heterocycles. The summed E-state index contributed by atoms with van der Waals surface area (Å²) in [5.74, 6) is 1.55. The number of rotatable bonds is 0. The van der Waals surface area contributed by atoms with Gasteiger partial charge in [-0.3, -0.25) is 9.59 Å². The van der Waals surface area contributed by atoms with Crippen LogP contribution >= 0.6 is 0 Å². The molecule has 17 heavy (non-hydrogen) atoms. The van der Waals surface area contributed by atoms with E-state index in [-0.39, 0.29) is 23.8 Å². The number of fused-ring (bicyclic) bond motifs is 11. The van der Waals surface area contributed by atoms with E-state index in [9.17, 15) is 9.59 Å². The molecule has 0 spiro atoms. The first kappa shape index (κ1) is 8.90. The van der Waals surface area contributed by atoms with Gasteiger partial charge in [-0.2, -0.15) is 0 Å². The van der Waals surface area contributed by atoms with Gasteiger partial charge < -0.3 is 4.74 Å². The van der Waals surface area contributed by atoms with Crippen LogP contribution in [0.15, 0.2) is 11.1 Å². The Morgan fingerprint density at radius 1 is 0.824 bits per heavy atom. The first-order chi connectivity index (χ1) is 8.25. The van der Waals surface area contributed by atoms with Crippen LogP contribution in [0.4, 0.5) is 0 Å². The highest BCUT2D eigenvalue weighted by molar-refractivity contribution is 5.98. The number of carbonyl (C=O) groups is 2. The monoisotopic (exact) mass is 230 g/mol. The zero-order chi connectivity index (χ0) is 11.3. The van der Waals surface area contributed by atoms with Crippen LogP contribution in [0, 0.1) is 35.5 Å². The standard InChI is InChI=1S/C14H14O3/c15-13-11-7-4-8(12(11)14(16)17-13)10-6-2-1-5(3-6)9(7)10/h5-8,11-12H,1-4H2/t5-,6-,7-,8-,11-,12+/m0/s1. The summed E-state index contributed by atoms with van der Waals surface area (Å²) in [5.41, 5.74) is 3.19.